The number of hydrogen-bond acceptors (Lipinski definition) is 7. The SMILES string of the molecule is CO[C@@H]1[C@H](OC(=O)N[C@H](c2nnc[nH]2)C(C)C)CC[C@]2(CO2)[C@H]1[C@@]1(C)O[C@@H]1CC=C(C)C. The molecule has 1 aromatic rings. The van der Waals surface area contributed by atoms with Crippen molar-refractivity contribution in [1.82, 2.24) is 20.5 Å². The van der Waals surface area contributed by atoms with Crippen LogP contribution in [-0.2, 0) is 18.9 Å². The van der Waals surface area contributed by atoms with E-state index >= 15 is 0 Å². The lowest BCUT2D eigenvalue weighted by Crippen LogP contribution is -2.56. The summed E-state index contributed by atoms with van der Waals surface area (Å²) in [6.07, 6.45) is 5.02. The first-order valence-electron chi connectivity index (χ1n) is 11.5. The fraction of sp³-hybridized carbons (Fsp3) is 0.783. The Labute approximate surface area is 189 Å². The lowest BCUT2D eigenvalue weighted by atomic mass is 9.68. The molecule has 32 heavy (non-hydrogen) atoms. The number of aromatic amines is 1. The van der Waals surface area contributed by atoms with Crippen LogP contribution in [0.25, 0.3) is 0 Å². The minimum atomic E-state index is -0.485. The molecular weight excluding hydrogens is 412 g/mol. The number of H-pyrrole nitrogens is 1. The molecule has 0 unspecified atom stereocenters. The number of aromatic nitrogens is 3. The zero-order valence-electron chi connectivity index (χ0n) is 19.9. The highest BCUT2D eigenvalue weighted by atomic mass is 16.6. The van der Waals surface area contributed by atoms with Crippen LogP contribution in [0.3, 0.4) is 0 Å². The third kappa shape index (κ3) is 4.43. The number of allylic oxidation sites excluding steroid dienone is 1. The molecule has 1 aliphatic carbocycles. The van der Waals surface area contributed by atoms with Crippen LogP contribution in [0, 0.1) is 11.8 Å². The van der Waals surface area contributed by atoms with Gasteiger partial charge in [0.05, 0.1) is 24.7 Å². The number of methoxy groups -OCH3 is 1. The van der Waals surface area contributed by atoms with E-state index < -0.39 is 6.09 Å². The first-order chi connectivity index (χ1) is 15.2. The average Bonchev–Trinajstić information content (AvgIpc) is 3.57. The normalized spacial score (nSPS) is 36.6. The van der Waals surface area contributed by atoms with E-state index in [1.807, 2.05) is 13.8 Å². The Hall–Kier alpha value is -1.97. The second-order valence-electron chi connectivity index (χ2n) is 10.1. The monoisotopic (exact) mass is 448 g/mol. The molecule has 7 atom stereocenters. The number of epoxide rings is 2. The zero-order chi connectivity index (χ0) is 23.1. The van der Waals surface area contributed by atoms with Gasteiger partial charge in [0.1, 0.15) is 29.7 Å². The van der Waals surface area contributed by atoms with Crippen LogP contribution in [0.15, 0.2) is 18.0 Å². The molecule has 3 aliphatic rings. The molecule has 1 amide bonds. The van der Waals surface area contributed by atoms with Gasteiger partial charge in [0.25, 0.3) is 0 Å². The molecule has 9 nitrogen and oxygen atoms in total. The summed E-state index contributed by atoms with van der Waals surface area (Å²) >= 11 is 0. The number of nitrogens with zero attached hydrogens (tertiary/aromatic N) is 2. The van der Waals surface area contributed by atoms with Crippen molar-refractivity contribution >= 4 is 6.09 Å². The van der Waals surface area contributed by atoms with Gasteiger partial charge in [-0.15, -0.1) is 10.2 Å². The minimum Gasteiger partial charge on any atom is -0.443 e. The third-order valence-corrected chi connectivity index (χ3v) is 7.17. The van der Waals surface area contributed by atoms with E-state index in [9.17, 15) is 4.79 Å². The van der Waals surface area contributed by atoms with Crippen LogP contribution in [0.1, 0.15) is 65.7 Å². The average molecular weight is 449 g/mol. The summed E-state index contributed by atoms with van der Waals surface area (Å²) in [5.74, 6) is 0.718. The van der Waals surface area contributed by atoms with Gasteiger partial charge in [0.2, 0.25) is 0 Å². The van der Waals surface area contributed by atoms with E-state index in [0.29, 0.717) is 18.9 Å². The molecule has 2 saturated heterocycles. The Balaban J connectivity index is 1.46. The molecule has 3 heterocycles. The van der Waals surface area contributed by atoms with Crippen molar-refractivity contribution in [1.29, 1.82) is 0 Å². The molecule has 9 heteroatoms. The lowest BCUT2D eigenvalue weighted by molar-refractivity contribution is -0.118. The number of alkyl carbamates (subject to hydrolysis) is 1. The maximum atomic E-state index is 12.9. The quantitative estimate of drug-likeness (QED) is 0.463. The summed E-state index contributed by atoms with van der Waals surface area (Å²) in [6, 6.07) is -0.318. The van der Waals surface area contributed by atoms with E-state index in [1.54, 1.807) is 7.11 Å². The van der Waals surface area contributed by atoms with Crippen LogP contribution in [-0.4, -0.2) is 64.5 Å². The number of carbonyl (C=O) groups is 1. The van der Waals surface area contributed by atoms with Gasteiger partial charge in [0, 0.05) is 7.11 Å². The van der Waals surface area contributed by atoms with Crippen molar-refractivity contribution in [2.45, 2.75) is 89.4 Å². The number of carbonyl (C=O) groups excluding carboxylic acids is 1. The Morgan fingerprint density at radius 2 is 2.19 bits per heavy atom. The Kier molecular flexibility index (Phi) is 6.35. The second-order valence-corrected chi connectivity index (χ2v) is 10.1. The van der Waals surface area contributed by atoms with Crippen molar-refractivity contribution in [2.75, 3.05) is 13.7 Å². The highest BCUT2D eigenvalue weighted by Crippen LogP contribution is 2.59. The summed E-state index contributed by atoms with van der Waals surface area (Å²) < 4.78 is 24.1. The van der Waals surface area contributed by atoms with Gasteiger partial charge in [-0.05, 0) is 46.0 Å². The molecule has 1 saturated carbocycles. The molecule has 4 rings (SSSR count). The van der Waals surface area contributed by atoms with Crippen molar-refractivity contribution in [3.05, 3.63) is 23.8 Å². The lowest BCUT2D eigenvalue weighted by Gasteiger charge is -2.42. The largest absolute Gasteiger partial charge is 0.443 e. The second kappa shape index (κ2) is 8.76. The third-order valence-electron chi connectivity index (χ3n) is 7.17. The standard InChI is InChI=1S/C23H36N4O5/c1-13(2)7-8-16-22(5,32-16)19-18(29-6)15(9-10-23(19)11-30-23)31-21(28)26-17(14(3)4)20-24-12-25-27-20/h7,12,14-19H,8-11H2,1-6H3,(H,26,28)(H,24,25,27)/t15-,16-,17+,18-,19-,22+,23+/m1/s1. The number of rotatable bonds is 8. The molecule has 0 bridgehead atoms. The van der Waals surface area contributed by atoms with Crippen LogP contribution in [0.5, 0.6) is 0 Å². The number of nitrogens with one attached hydrogen (secondary N) is 2. The van der Waals surface area contributed by atoms with Crippen LogP contribution >= 0.6 is 0 Å². The van der Waals surface area contributed by atoms with Gasteiger partial charge in [-0.3, -0.25) is 0 Å². The van der Waals surface area contributed by atoms with Crippen LogP contribution in [0.4, 0.5) is 4.79 Å². The number of ether oxygens (including phenoxy) is 4. The molecule has 3 fully saturated rings. The molecule has 2 aliphatic heterocycles. The highest BCUT2D eigenvalue weighted by Gasteiger charge is 2.72. The molecule has 0 radical (unpaired) electrons. The van der Waals surface area contributed by atoms with Gasteiger partial charge in [0.15, 0.2) is 5.82 Å². The zero-order valence-corrected chi connectivity index (χ0v) is 19.9. The predicted molar refractivity (Wildman–Crippen MR) is 117 cm³/mol. The van der Waals surface area contributed by atoms with Crippen molar-refractivity contribution in [3.8, 4) is 0 Å². The summed E-state index contributed by atoms with van der Waals surface area (Å²) in [6.45, 7) is 11.0. The topological polar surface area (TPSA) is 114 Å². The van der Waals surface area contributed by atoms with Gasteiger partial charge >= 0.3 is 6.09 Å². The van der Waals surface area contributed by atoms with E-state index in [0.717, 1.165) is 12.8 Å². The van der Waals surface area contributed by atoms with Crippen molar-refractivity contribution in [2.24, 2.45) is 11.8 Å². The van der Waals surface area contributed by atoms with Gasteiger partial charge in [-0.1, -0.05) is 25.5 Å². The van der Waals surface area contributed by atoms with Crippen LogP contribution in [0.2, 0.25) is 0 Å². The van der Waals surface area contributed by atoms with E-state index in [1.165, 1.54) is 11.9 Å². The molecule has 1 spiro atoms. The van der Waals surface area contributed by atoms with Crippen LogP contribution < -0.4 is 5.32 Å². The number of amides is 1. The molecule has 0 aromatic carbocycles. The van der Waals surface area contributed by atoms with Crippen molar-refractivity contribution in [3.63, 3.8) is 0 Å². The Morgan fingerprint density at radius 3 is 2.75 bits per heavy atom. The van der Waals surface area contributed by atoms with Gasteiger partial charge in [-0.25, -0.2) is 4.79 Å². The highest BCUT2D eigenvalue weighted by molar-refractivity contribution is 5.68. The minimum absolute atomic E-state index is 0.00252. The first kappa shape index (κ1) is 23.2. The Morgan fingerprint density at radius 1 is 1.44 bits per heavy atom. The van der Waals surface area contributed by atoms with Crippen molar-refractivity contribution < 1.29 is 23.7 Å². The summed E-state index contributed by atoms with van der Waals surface area (Å²) in [4.78, 5) is 15.8. The van der Waals surface area contributed by atoms with E-state index in [-0.39, 0.29) is 47.4 Å². The fourth-order valence-electron chi connectivity index (χ4n) is 5.29. The molecular formula is C23H36N4O5. The molecule has 1 aromatic heterocycles. The van der Waals surface area contributed by atoms with Gasteiger partial charge in [-0.2, -0.15) is 0 Å². The number of hydrogen-bond donors (Lipinski definition) is 2. The summed E-state index contributed by atoms with van der Waals surface area (Å²) in [5, 5.41) is 10.8. The first-order valence-corrected chi connectivity index (χ1v) is 11.5. The fourth-order valence-corrected chi connectivity index (χ4v) is 5.29. The summed E-state index contributed by atoms with van der Waals surface area (Å²) in [5.41, 5.74) is 0.671. The smallest absolute Gasteiger partial charge is 0.408 e. The Bertz CT molecular complexity index is 833. The van der Waals surface area contributed by atoms with Gasteiger partial charge < -0.3 is 29.2 Å². The summed E-state index contributed by atoms with van der Waals surface area (Å²) in [7, 11) is 1.68. The maximum absolute atomic E-state index is 12.9. The molecule has 2 N–H and O–H groups in total. The maximum Gasteiger partial charge on any atom is 0.408 e. The van der Waals surface area contributed by atoms with E-state index in [4.69, 9.17) is 18.9 Å². The molecule has 178 valence electrons. The van der Waals surface area contributed by atoms with E-state index in [2.05, 4.69) is 47.3 Å². The predicted octanol–water partition coefficient (Wildman–Crippen LogP) is 3.30.